The van der Waals surface area contributed by atoms with Gasteiger partial charge in [0.15, 0.2) is 0 Å². The molecule has 15 heavy (non-hydrogen) atoms. The predicted molar refractivity (Wildman–Crippen MR) is 62.2 cm³/mol. The Kier molecular flexibility index (Phi) is 3.04. The highest BCUT2D eigenvalue weighted by atomic mass is 32.1. The van der Waals surface area contributed by atoms with Crippen LogP contribution in [0.4, 0.5) is 5.69 Å². The molecular formula is C10H10N4S. The molecule has 1 aromatic heterocycles. The highest BCUT2D eigenvalue weighted by Crippen LogP contribution is 2.07. The van der Waals surface area contributed by atoms with Crippen molar-refractivity contribution < 1.29 is 0 Å². The van der Waals surface area contributed by atoms with Gasteiger partial charge in [-0.25, -0.2) is 0 Å². The lowest BCUT2D eigenvalue weighted by Crippen LogP contribution is -1.96. The van der Waals surface area contributed by atoms with E-state index in [9.17, 15) is 0 Å². The van der Waals surface area contributed by atoms with Crippen molar-refractivity contribution in [1.82, 2.24) is 9.59 Å². The molecule has 0 fully saturated rings. The lowest BCUT2D eigenvalue weighted by molar-refractivity contribution is 1.15. The SMILES string of the molecule is C/C(=N\Nc1ccccc1)c1cnns1. The van der Waals surface area contributed by atoms with Crippen molar-refractivity contribution in [2.75, 3.05) is 5.43 Å². The zero-order valence-corrected chi connectivity index (χ0v) is 9.03. The van der Waals surface area contributed by atoms with E-state index in [0.29, 0.717) is 0 Å². The van der Waals surface area contributed by atoms with Crippen molar-refractivity contribution in [3.8, 4) is 0 Å². The average molecular weight is 218 g/mol. The topological polar surface area (TPSA) is 50.2 Å². The number of para-hydroxylation sites is 1. The summed E-state index contributed by atoms with van der Waals surface area (Å²) in [4.78, 5) is 0.971. The van der Waals surface area contributed by atoms with Crippen molar-refractivity contribution in [2.45, 2.75) is 6.92 Å². The normalized spacial score (nSPS) is 11.4. The van der Waals surface area contributed by atoms with Gasteiger partial charge in [0, 0.05) is 0 Å². The standard InChI is InChI=1S/C10H10N4S/c1-8(10-7-11-14-15-10)12-13-9-5-3-2-4-6-9/h2-7,13H,1H3/b12-8+. The number of nitrogens with one attached hydrogen (secondary N) is 1. The number of anilines is 1. The van der Waals surface area contributed by atoms with Crippen LogP contribution in [0, 0.1) is 0 Å². The van der Waals surface area contributed by atoms with E-state index in [4.69, 9.17) is 0 Å². The molecule has 1 aromatic carbocycles. The van der Waals surface area contributed by atoms with E-state index in [0.717, 1.165) is 16.3 Å². The van der Waals surface area contributed by atoms with Gasteiger partial charge in [-0.3, -0.25) is 5.43 Å². The van der Waals surface area contributed by atoms with Crippen molar-refractivity contribution in [3.05, 3.63) is 41.4 Å². The number of nitrogens with zero attached hydrogens (tertiary/aromatic N) is 3. The van der Waals surface area contributed by atoms with Crippen LogP contribution in [-0.2, 0) is 0 Å². The van der Waals surface area contributed by atoms with Gasteiger partial charge in [-0.1, -0.05) is 22.7 Å². The fourth-order valence-corrected chi connectivity index (χ4v) is 1.50. The number of benzene rings is 1. The van der Waals surface area contributed by atoms with Crippen LogP contribution < -0.4 is 5.43 Å². The van der Waals surface area contributed by atoms with E-state index in [1.54, 1.807) is 6.20 Å². The Hall–Kier alpha value is -1.75. The van der Waals surface area contributed by atoms with E-state index < -0.39 is 0 Å². The van der Waals surface area contributed by atoms with Crippen LogP contribution >= 0.6 is 11.5 Å². The second-order valence-electron chi connectivity index (χ2n) is 2.96. The minimum Gasteiger partial charge on any atom is -0.278 e. The molecule has 0 spiro atoms. The molecule has 2 aromatic rings. The maximum atomic E-state index is 4.23. The van der Waals surface area contributed by atoms with E-state index >= 15 is 0 Å². The van der Waals surface area contributed by atoms with Crippen molar-refractivity contribution in [2.24, 2.45) is 5.10 Å². The summed E-state index contributed by atoms with van der Waals surface area (Å²) in [5.74, 6) is 0. The molecule has 0 amide bonds. The molecule has 0 aliphatic rings. The monoisotopic (exact) mass is 218 g/mol. The third-order valence-corrected chi connectivity index (χ3v) is 2.62. The highest BCUT2D eigenvalue weighted by molar-refractivity contribution is 7.07. The molecule has 0 atom stereocenters. The van der Waals surface area contributed by atoms with Crippen LogP contribution in [0.3, 0.4) is 0 Å². The average Bonchev–Trinajstić information content (AvgIpc) is 2.81. The van der Waals surface area contributed by atoms with Gasteiger partial charge in [0.25, 0.3) is 0 Å². The first-order chi connectivity index (χ1) is 7.36. The zero-order chi connectivity index (χ0) is 10.5. The van der Waals surface area contributed by atoms with E-state index in [-0.39, 0.29) is 0 Å². The lowest BCUT2D eigenvalue weighted by atomic mass is 10.3. The smallest absolute Gasteiger partial charge is 0.0911 e. The molecule has 0 saturated carbocycles. The molecule has 0 unspecified atom stereocenters. The minimum absolute atomic E-state index is 0.883. The van der Waals surface area contributed by atoms with Gasteiger partial charge in [0.1, 0.15) is 0 Å². The summed E-state index contributed by atoms with van der Waals surface area (Å²) in [6.45, 7) is 1.92. The maximum Gasteiger partial charge on any atom is 0.0911 e. The summed E-state index contributed by atoms with van der Waals surface area (Å²) in [5.41, 5.74) is 4.82. The molecular weight excluding hydrogens is 208 g/mol. The summed E-state index contributed by atoms with van der Waals surface area (Å²) in [6, 6.07) is 9.81. The van der Waals surface area contributed by atoms with Gasteiger partial charge in [-0.2, -0.15) is 5.10 Å². The largest absolute Gasteiger partial charge is 0.278 e. The predicted octanol–water partition coefficient (Wildman–Crippen LogP) is 2.37. The highest BCUT2D eigenvalue weighted by Gasteiger charge is 1.99. The Labute approximate surface area is 91.8 Å². The fraction of sp³-hybridized carbons (Fsp3) is 0.100. The molecule has 0 aliphatic carbocycles. The van der Waals surface area contributed by atoms with Crippen LogP contribution in [0.2, 0.25) is 0 Å². The van der Waals surface area contributed by atoms with E-state index in [1.807, 2.05) is 37.3 Å². The fourth-order valence-electron chi connectivity index (χ4n) is 1.04. The molecule has 0 saturated heterocycles. The molecule has 1 N–H and O–H groups in total. The van der Waals surface area contributed by atoms with Crippen LogP contribution in [-0.4, -0.2) is 15.3 Å². The summed E-state index contributed by atoms with van der Waals surface area (Å²) < 4.78 is 3.78. The van der Waals surface area contributed by atoms with Crippen LogP contribution in [0.1, 0.15) is 11.8 Å². The summed E-state index contributed by atoms with van der Waals surface area (Å²) >= 11 is 1.33. The van der Waals surface area contributed by atoms with E-state index in [2.05, 4.69) is 20.1 Å². The number of aromatic nitrogens is 2. The van der Waals surface area contributed by atoms with Crippen molar-refractivity contribution in [1.29, 1.82) is 0 Å². The third kappa shape index (κ3) is 2.60. The van der Waals surface area contributed by atoms with Gasteiger partial charge in [0.05, 0.1) is 22.5 Å². The number of hydrazone groups is 1. The second-order valence-corrected chi connectivity index (χ2v) is 3.74. The first-order valence-electron chi connectivity index (χ1n) is 4.49. The van der Waals surface area contributed by atoms with Crippen LogP contribution in [0.5, 0.6) is 0 Å². The Bertz CT molecular complexity index is 436. The Morgan fingerprint density at radius 2 is 2.13 bits per heavy atom. The molecule has 0 bridgehead atoms. The Morgan fingerprint density at radius 1 is 1.33 bits per heavy atom. The van der Waals surface area contributed by atoms with Gasteiger partial charge >= 0.3 is 0 Å². The van der Waals surface area contributed by atoms with Gasteiger partial charge in [-0.15, -0.1) is 5.10 Å². The lowest BCUT2D eigenvalue weighted by Gasteiger charge is -2.00. The number of hydrogen-bond acceptors (Lipinski definition) is 5. The minimum atomic E-state index is 0.883. The van der Waals surface area contributed by atoms with Crippen molar-refractivity contribution >= 4 is 22.9 Å². The maximum absolute atomic E-state index is 4.23. The molecule has 0 aliphatic heterocycles. The molecule has 4 nitrogen and oxygen atoms in total. The van der Waals surface area contributed by atoms with Gasteiger partial charge in [0.2, 0.25) is 0 Å². The summed E-state index contributed by atoms with van der Waals surface area (Å²) in [5, 5.41) is 7.99. The molecule has 0 radical (unpaired) electrons. The quantitative estimate of drug-likeness (QED) is 0.635. The molecule has 5 heteroatoms. The first kappa shape index (κ1) is 9.79. The van der Waals surface area contributed by atoms with Crippen LogP contribution in [0.25, 0.3) is 0 Å². The Balaban J connectivity index is 2.06. The van der Waals surface area contributed by atoms with Gasteiger partial charge in [-0.05, 0) is 30.6 Å². The number of hydrogen-bond donors (Lipinski definition) is 1. The third-order valence-electron chi connectivity index (χ3n) is 1.84. The molecule has 2 rings (SSSR count). The van der Waals surface area contributed by atoms with Crippen LogP contribution in [0.15, 0.2) is 41.6 Å². The Morgan fingerprint density at radius 3 is 2.80 bits per heavy atom. The second kappa shape index (κ2) is 4.65. The van der Waals surface area contributed by atoms with E-state index in [1.165, 1.54) is 11.5 Å². The summed E-state index contributed by atoms with van der Waals surface area (Å²) in [7, 11) is 0. The molecule has 76 valence electrons. The zero-order valence-electron chi connectivity index (χ0n) is 8.21. The van der Waals surface area contributed by atoms with Crippen molar-refractivity contribution in [3.63, 3.8) is 0 Å². The summed E-state index contributed by atoms with van der Waals surface area (Å²) in [6.07, 6.45) is 1.70. The van der Waals surface area contributed by atoms with Gasteiger partial charge < -0.3 is 0 Å². The number of rotatable bonds is 3. The first-order valence-corrected chi connectivity index (χ1v) is 5.26. The molecule has 1 heterocycles.